The van der Waals surface area contributed by atoms with Crippen LogP contribution in [-0.2, 0) is 14.8 Å². The van der Waals surface area contributed by atoms with Gasteiger partial charge in [0.05, 0.1) is 27.7 Å². The van der Waals surface area contributed by atoms with E-state index in [4.69, 9.17) is 26.1 Å². The number of ether oxygens (including phenoxy) is 2. The molecule has 2 saturated heterocycles. The Kier molecular flexibility index (Phi) is 13.0. The standard InChI is InChI=1S/C49H57ClN8O7S/c1-32-14-25-65-48-45(26-35-13-18-51-46(35)53-48)57(32)43-27-38(56-21-19-55(20-22-56)31-36-12-17-49(2,3)29-41(36)34-4-6-37(50)7-5-34)8-10-40(43)47(59)54-66(62,63)39-9-11-42(44(28-39)58(60)61)52-30-33-15-23-64-24-16-33/h4-11,13,18,26-28,32-33,52H,12,14-17,19-25,29-31H2,1-3H3,(H,51,53)(H,54,59)/t32-/m1/s1. The van der Waals surface area contributed by atoms with E-state index in [1.165, 1.54) is 28.8 Å². The zero-order valence-electron chi connectivity index (χ0n) is 37.6. The van der Waals surface area contributed by atoms with E-state index in [1.807, 2.05) is 48.2 Å². The van der Waals surface area contributed by atoms with E-state index in [-0.39, 0.29) is 28.6 Å². The van der Waals surface area contributed by atoms with E-state index in [9.17, 15) is 23.3 Å². The zero-order valence-corrected chi connectivity index (χ0v) is 39.2. The maximum atomic E-state index is 14.5. The third-order valence-corrected chi connectivity index (χ3v) is 15.2. The van der Waals surface area contributed by atoms with Crippen molar-refractivity contribution >= 4 is 72.6 Å². The van der Waals surface area contributed by atoms with Gasteiger partial charge < -0.3 is 29.6 Å². The number of amides is 1. The summed E-state index contributed by atoms with van der Waals surface area (Å²) >= 11 is 6.28. The number of carbonyl (C=O) groups is 1. The zero-order chi connectivity index (χ0) is 46.2. The van der Waals surface area contributed by atoms with E-state index >= 15 is 0 Å². The molecule has 0 radical (unpaired) electrons. The summed E-state index contributed by atoms with van der Waals surface area (Å²) in [5.41, 5.74) is 6.94. The monoisotopic (exact) mass is 936 g/mol. The second-order valence-electron chi connectivity index (χ2n) is 18.8. The minimum Gasteiger partial charge on any atom is -0.476 e. The Bertz CT molecular complexity index is 2760. The number of sulfonamides is 1. The van der Waals surface area contributed by atoms with Crippen LogP contribution in [0.15, 0.2) is 89.5 Å². The van der Waals surface area contributed by atoms with Gasteiger partial charge in [0.15, 0.2) is 0 Å². The van der Waals surface area contributed by atoms with Gasteiger partial charge in [-0.3, -0.25) is 19.8 Å². The van der Waals surface area contributed by atoms with Crippen LogP contribution in [0.2, 0.25) is 5.02 Å². The van der Waals surface area contributed by atoms with Crippen LogP contribution in [0.1, 0.15) is 75.2 Å². The molecule has 15 nitrogen and oxygen atoms in total. The smallest absolute Gasteiger partial charge is 0.293 e. The van der Waals surface area contributed by atoms with Gasteiger partial charge in [-0.1, -0.05) is 43.2 Å². The highest BCUT2D eigenvalue weighted by atomic mass is 35.5. The molecule has 3 N–H and O–H groups in total. The largest absolute Gasteiger partial charge is 0.476 e. The first-order chi connectivity index (χ1) is 31.7. The van der Waals surface area contributed by atoms with Crippen molar-refractivity contribution in [2.75, 3.05) is 74.2 Å². The van der Waals surface area contributed by atoms with Crippen molar-refractivity contribution in [2.24, 2.45) is 11.3 Å². The van der Waals surface area contributed by atoms with Crippen LogP contribution in [-0.4, -0.2) is 99.2 Å². The van der Waals surface area contributed by atoms with Crippen LogP contribution in [0.3, 0.4) is 0 Å². The number of aromatic nitrogens is 2. The first-order valence-electron chi connectivity index (χ1n) is 22.9. The highest BCUT2D eigenvalue weighted by molar-refractivity contribution is 7.90. The maximum Gasteiger partial charge on any atom is 0.293 e. The number of pyridine rings is 1. The Morgan fingerprint density at radius 3 is 2.50 bits per heavy atom. The molecule has 1 aliphatic carbocycles. The van der Waals surface area contributed by atoms with E-state index in [2.05, 4.69) is 50.8 Å². The fourth-order valence-corrected chi connectivity index (χ4v) is 10.8. The molecule has 4 aliphatic rings. The molecule has 348 valence electrons. The lowest BCUT2D eigenvalue weighted by atomic mass is 9.72. The highest BCUT2D eigenvalue weighted by Crippen LogP contribution is 2.45. The van der Waals surface area contributed by atoms with Gasteiger partial charge in [0.25, 0.3) is 21.6 Å². The van der Waals surface area contributed by atoms with Crippen molar-refractivity contribution in [1.29, 1.82) is 0 Å². The summed E-state index contributed by atoms with van der Waals surface area (Å²) in [5.74, 6) is -0.210. The van der Waals surface area contributed by atoms with E-state index in [0.717, 1.165) is 87.0 Å². The molecule has 9 rings (SSSR count). The Labute approximate surface area is 390 Å². The number of piperazine rings is 1. The van der Waals surface area contributed by atoms with Crippen molar-refractivity contribution < 1.29 is 27.6 Å². The summed E-state index contributed by atoms with van der Waals surface area (Å²) in [6.45, 7) is 12.9. The maximum absolute atomic E-state index is 14.5. The Morgan fingerprint density at radius 2 is 1.74 bits per heavy atom. The molecule has 0 saturated carbocycles. The van der Waals surface area contributed by atoms with E-state index < -0.39 is 31.4 Å². The van der Waals surface area contributed by atoms with E-state index in [0.29, 0.717) is 55.7 Å². The lowest BCUT2D eigenvalue weighted by Gasteiger charge is -2.40. The van der Waals surface area contributed by atoms with Crippen LogP contribution >= 0.6 is 11.6 Å². The molecule has 5 heterocycles. The van der Waals surface area contributed by atoms with Crippen molar-refractivity contribution in [1.82, 2.24) is 19.6 Å². The number of halogens is 1. The van der Waals surface area contributed by atoms with Crippen LogP contribution in [0.4, 0.5) is 28.4 Å². The average Bonchev–Trinajstić information content (AvgIpc) is 3.70. The van der Waals surface area contributed by atoms with Gasteiger partial charge in [0.1, 0.15) is 17.0 Å². The predicted octanol–water partition coefficient (Wildman–Crippen LogP) is 9.18. The second-order valence-corrected chi connectivity index (χ2v) is 20.9. The van der Waals surface area contributed by atoms with Crippen molar-refractivity contribution in [3.63, 3.8) is 0 Å². The number of benzene rings is 3. The normalized spacial score (nSPS) is 19.5. The Hall–Kier alpha value is -5.68. The number of fused-ring (bicyclic) bond motifs is 2. The SMILES string of the molecule is C[C@@H]1CCOc2nc3[nH]ccc3cc2N1c1cc(N2CCN(CC3=C(c4ccc(Cl)cc4)CC(C)(C)CC3)CC2)ccc1C(=O)NS(=O)(=O)c1ccc(NCC2CCOCC2)c([N+](=O)[O-])c1. The van der Waals surface area contributed by atoms with Gasteiger partial charge in [-0.15, -0.1) is 0 Å². The summed E-state index contributed by atoms with van der Waals surface area (Å²) in [6, 6.07) is 21.1. The topological polar surface area (TPSA) is 175 Å². The van der Waals surface area contributed by atoms with Crippen LogP contribution in [0.25, 0.3) is 16.6 Å². The Morgan fingerprint density at radius 1 is 0.970 bits per heavy atom. The third kappa shape index (κ3) is 9.87. The number of rotatable bonds is 12. The van der Waals surface area contributed by atoms with Crippen LogP contribution < -0.4 is 24.6 Å². The molecule has 5 aromatic rings. The molecule has 0 unspecified atom stereocenters. The molecule has 17 heteroatoms. The fourth-order valence-electron chi connectivity index (χ4n) is 9.72. The summed E-state index contributed by atoms with van der Waals surface area (Å²) in [6.07, 6.45) is 7.25. The molecular formula is C49H57ClN8O7S. The van der Waals surface area contributed by atoms with Crippen LogP contribution in [0, 0.1) is 21.4 Å². The number of nitro benzene ring substituents is 1. The third-order valence-electron chi connectivity index (χ3n) is 13.6. The van der Waals surface area contributed by atoms with Gasteiger partial charge in [0.2, 0.25) is 5.88 Å². The average molecular weight is 938 g/mol. The molecule has 3 aliphatic heterocycles. The van der Waals surface area contributed by atoms with Crippen molar-refractivity contribution in [3.8, 4) is 5.88 Å². The molecule has 2 aromatic heterocycles. The number of allylic oxidation sites excluding steroid dienone is 1. The molecule has 66 heavy (non-hydrogen) atoms. The van der Waals surface area contributed by atoms with Crippen molar-refractivity contribution in [3.05, 3.63) is 111 Å². The first kappa shape index (κ1) is 45.5. The van der Waals surface area contributed by atoms with Crippen LogP contribution in [0.5, 0.6) is 5.88 Å². The molecular weight excluding hydrogens is 880 g/mol. The number of nitrogens with zero attached hydrogens (tertiary/aromatic N) is 5. The summed E-state index contributed by atoms with van der Waals surface area (Å²) < 4.78 is 41.9. The lowest BCUT2D eigenvalue weighted by molar-refractivity contribution is -0.384. The van der Waals surface area contributed by atoms with Gasteiger partial charge in [-0.25, -0.2) is 13.1 Å². The Balaban J connectivity index is 1.00. The van der Waals surface area contributed by atoms with Gasteiger partial charge in [-0.2, -0.15) is 4.98 Å². The molecule has 0 spiro atoms. The van der Waals surface area contributed by atoms with Gasteiger partial charge in [0, 0.05) is 93.3 Å². The number of nitrogens with one attached hydrogen (secondary N) is 3. The minimum atomic E-state index is -4.58. The van der Waals surface area contributed by atoms with Gasteiger partial charge in [-0.05, 0) is 116 Å². The van der Waals surface area contributed by atoms with Crippen molar-refractivity contribution in [2.45, 2.75) is 70.2 Å². The molecule has 0 bridgehead atoms. The number of hydrogen-bond donors (Lipinski definition) is 3. The van der Waals surface area contributed by atoms with E-state index in [1.54, 1.807) is 12.3 Å². The lowest BCUT2D eigenvalue weighted by Crippen LogP contribution is -2.47. The fraction of sp³-hybridized carbons (Fsp3) is 0.429. The molecule has 2 fully saturated rings. The summed E-state index contributed by atoms with van der Waals surface area (Å²) in [5, 5.41) is 16.9. The second kappa shape index (κ2) is 18.9. The summed E-state index contributed by atoms with van der Waals surface area (Å²) in [7, 11) is -4.58. The number of hydrogen-bond acceptors (Lipinski definition) is 12. The molecule has 1 amide bonds. The number of carbonyl (C=O) groups excluding carboxylic acids is 1. The predicted molar refractivity (Wildman–Crippen MR) is 259 cm³/mol. The number of nitro groups is 1. The molecule has 3 aromatic carbocycles. The highest BCUT2D eigenvalue weighted by Gasteiger charge is 2.33. The number of anilines is 4. The summed E-state index contributed by atoms with van der Waals surface area (Å²) in [4.78, 5) is 40.5. The number of H-pyrrole nitrogens is 1. The van der Waals surface area contributed by atoms with Gasteiger partial charge >= 0.3 is 0 Å². The number of aromatic amines is 1. The first-order valence-corrected chi connectivity index (χ1v) is 24.7. The minimum absolute atomic E-state index is 0.112. The quantitative estimate of drug-likeness (QED) is 0.0801. The molecule has 1 atom stereocenters.